The van der Waals surface area contributed by atoms with Crippen LogP contribution < -0.4 is 5.32 Å². The van der Waals surface area contributed by atoms with Gasteiger partial charge >= 0.3 is 12.1 Å². The summed E-state index contributed by atoms with van der Waals surface area (Å²) in [5, 5.41) is 12.0. The number of aryl methyl sites for hydroxylation is 1. The van der Waals surface area contributed by atoms with E-state index in [4.69, 9.17) is 0 Å². The first-order chi connectivity index (χ1) is 11.0. The molecule has 1 aromatic rings. The summed E-state index contributed by atoms with van der Waals surface area (Å²) in [5.74, 6) is -1.46. The summed E-state index contributed by atoms with van der Waals surface area (Å²) in [6.07, 6.45) is -2.68. The minimum atomic E-state index is -4.60. The van der Waals surface area contributed by atoms with E-state index in [2.05, 4.69) is 10.3 Å². The van der Waals surface area contributed by atoms with Crippen LogP contribution in [-0.2, 0) is 11.0 Å². The lowest BCUT2D eigenvalue weighted by Gasteiger charge is -2.36. The molecular formula is C16H19F3N2O3. The number of hydrogen-bond acceptors (Lipinski definition) is 3. The van der Waals surface area contributed by atoms with E-state index in [9.17, 15) is 27.9 Å². The SMILES string of the molecule is Cc1nc(C(F)(F)F)ccc1C(=O)NC1(C(=O)O)CCC(C)CC1. The first kappa shape index (κ1) is 18.2. The fourth-order valence-electron chi connectivity index (χ4n) is 2.89. The molecule has 0 radical (unpaired) electrons. The fraction of sp³-hybridized carbons (Fsp3) is 0.562. The lowest BCUT2D eigenvalue weighted by atomic mass is 9.77. The van der Waals surface area contributed by atoms with Crippen molar-refractivity contribution in [2.24, 2.45) is 5.92 Å². The van der Waals surface area contributed by atoms with Crippen LogP contribution in [0, 0.1) is 12.8 Å². The van der Waals surface area contributed by atoms with Crippen molar-refractivity contribution in [1.82, 2.24) is 10.3 Å². The van der Waals surface area contributed by atoms with Gasteiger partial charge in [0.2, 0.25) is 0 Å². The van der Waals surface area contributed by atoms with E-state index in [0.717, 1.165) is 12.1 Å². The predicted octanol–water partition coefficient (Wildman–Crippen LogP) is 3.17. The molecule has 1 aliphatic rings. The largest absolute Gasteiger partial charge is 0.480 e. The summed E-state index contributed by atoms with van der Waals surface area (Å²) in [4.78, 5) is 27.4. The van der Waals surface area contributed by atoms with Crippen LogP contribution in [0.25, 0.3) is 0 Å². The van der Waals surface area contributed by atoms with Crippen LogP contribution in [0.15, 0.2) is 12.1 Å². The Kier molecular flexibility index (Phi) is 4.87. The average molecular weight is 344 g/mol. The molecule has 0 aliphatic heterocycles. The lowest BCUT2D eigenvalue weighted by Crippen LogP contribution is -2.56. The number of nitrogens with zero attached hydrogens (tertiary/aromatic N) is 1. The Labute approximate surface area is 137 Å². The highest BCUT2D eigenvalue weighted by Crippen LogP contribution is 2.33. The van der Waals surface area contributed by atoms with Crippen LogP contribution in [-0.4, -0.2) is 27.5 Å². The van der Waals surface area contributed by atoms with E-state index < -0.39 is 29.3 Å². The summed E-state index contributed by atoms with van der Waals surface area (Å²) in [7, 11) is 0. The first-order valence-corrected chi connectivity index (χ1v) is 7.66. The Hall–Kier alpha value is -2.12. The van der Waals surface area contributed by atoms with E-state index in [-0.39, 0.29) is 11.3 Å². The molecule has 8 heteroatoms. The van der Waals surface area contributed by atoms with Gasteiger partial charge in [-0.25, -0.2) is 9.78 Å². The average Bonchev–Trinajstić information content (AvgIpc) is 2.48. The fourth-order valence-corrected chi connectivity index (χ4v) is 2.89. The Morgan fingerprint density at radius 3 is 2.33 bits per heavy atom. The second kappa shape index (κ2) is 6.41. The third kappa shape index (κ3) is 3.68. The summed E-state index contributed by atoms with van der Waals surface area (Å²) in [6, 6.07) is 1.75. The molecule has 1 amide bonds. The van der Waals surface area contributed by atoms with Crippen LogP contribution in [0.3, 0.4) is 0 Å². The molecule has 5 nitrogen and oxygen atoms in total. The van der Waals surface area contributed by atoms with Gasteiger partial charge in [0.25, 0.3) is 5.91 Å². The van der Waals surface area contributed by atoms with Gasteiger partial charge in [-0.05, 0) is 50.7 Å². The Bertz CT molecular complexity index is 650. The van der Waals surface area contributed by atoms with Gasteiger partial charge in [-0.3, -0.25) is 4.79 Å². The van der Waals surface area contributed by atoms with Gasteiger partial charge in [-0.1, -0.05) is 6.92 Å². The number of pyridine rings is 1. The third-order valence-corrected chi connectivity index (χ3v) is 4.51. The van der Waals surface area contributed by atoms with E-state index in [1.807, 2.05) is 6.92 Å². The summed E-state index contributed by atoms with van der Waals surface area (Å²) >= 11 is 0. The van der Waals surface area contributed by atoms with Crippen LogP contribution in [0.1, 0.15) is 54.4 Å². The number of rotatable bonds is 3. The third-order valence-electron chi connectivity index (χ3n) is 4.51. The van der Waals surface area contributed by atoms with Gasteiger partial charge in [0.05, 0.1) is 11.3 Å². The second-order valence-corrected chi connectivity index (χ2v) is 6.35. The van der Waals surface area contributed by atoms with Crippen molar-refractivity contribution in [1.29, 1.82) is 0 Å². The number of carboxylic acids is 1. The normalized spacial score (nSPS) is 24.5. The molecule has 1 aromatic heterocycles. The number of carboxylic acid groups (broad SMARTS) is 1. The smallest absolute Gasteiger partial charge is 0.433 e. The van der Waals surface area contributed by atoms with Gasteiger partial charge < -0.3 is 10.4 Å². The minimum absolute atomic E-state index is 0.0535. The molecule has 0 bridgehead atoms. The van der Waals surface area contributed by atoms with Crippen LogP contribution >= 0.6 is 0 Å². The van der Waals surface area contributed by atoms with Crippen molar-refractivity contribution in [2.45, 2.75) is 51.2 Å². The van der Waals surface area contributed by atoms with Crippen LogP contribution in [0.4, 0.5) is 13.2 Å². The molecule has 1 fully saturated rings. The number of amides is 1. The van der Waals surface area contributed by atoms with E-state index in [1.165, 1.54) is 6.92 Å². The standard InChI is InChI=1S/C16H19F3N2O3/c1-9-5-7-15(8-6-9,14(23)24)21-13(22)11-3-4-12(16(17,18)19)20-10(11)2/h3-4,9H,5-8H2,1-2H3,(H,21,22)(H,23,24). The highest BCUT2D eigenvalue weighted by atomic mass is 19.4. The van der Waals surface area contributed by atoms with E-state index >= 15 is 0 Å². The van der Waals surface area contributed by atoms with Crippen LogP contribution in [0.5, 0.6) is 0 Å². The number of carbonyl (C=O) groups is 2. The highest BCUT2D eigenvalue weighted by molar-refractivity contribution is 5.98. The molecular weight excluding hydrogens is 325 g/mol. The number of nitrogens with one attached hydrogen (secondary N) is 1. The monoisotopic (exact) mass is 344 g/mol. The molecule has 132 valence electrons. The zero-order valence-corrected chi connectivity index (χ0v) is 13.4. The molecule has 0 unspecified atom stereocenters. The molecule has 1 heterocycles. The second-order valence-electron chi connectivity index (χ2n) is 6.35. The summed E-state index contributed by atoms with van der Waals surface area (Å²) in [5.41, 5.74) is -2.61. The number of aromatic nitrogens is 1. The van der Waals surface area contributed by atoms with E-state index in [1.54, 1.807) is 0 Å². The number of alkyl halides is 3. The molecule has 2 rings (SSSR count). The quantitative estimate of drug-likeness (QED) is 0.883. The maximum Gasteiger partial charge on any atom is 0.433 e. The number of halogens is 3. The molecule has 0 saturated heterocycles. The summed E-state index contributed by atoms with van der Waals surface area (Å²) in [6.45, 7) is 3.30. The van der Waals surface area contributed by atoms with E-state index in [0.29, 0.717) is 31.6 Å². The minimum Gasteiger partial charge on any atom is -0.480 e. The number of aliphatic carboxylic acids is 1. The molecule has 24 heavy (non-hydrogen) atoms. The zero-order chi connectivity index (χ0) is 18.1. The molecule has 1 saturated carbocycles. The Morgan fingerprint density at radius 2 is 1.88 bits per heavy atom. The zero-order valence-electron chi connectivity index (χ0n) is 13.4. The van der Waals surface area contributed by atoms with Gasteiger partial charge in [0.1, 0.15) is 11.2 Å². The van der Waals surface area contributed by atoms with Gasteiger partial charge in [0.15, 0.2) is 0 Å². The van der Waals surface area contributed by atoms with Crippen molar-refractivity contribution in [2.75, 3.05) is 0 Å². The maximum atomic E-state index is 12.6. The topological polar surface area (TPSA) is 79.3 Å². The van der Waals surface area contributed by atoms with Gasteiger partial charge in [-0.2, -0.15) is 13.2 Å². The van der Waals surface area contributed by atoms with Gasteiger partial charge in [-0.15, -0.1) is 0 Å². The first-order valence-electron chi connectivity index (χ1n) is 7.66. The van der Waals surface area contributed by atoms with Gasteiger partial charge in [0, 0.05) is 0 Å². The Balaban J connectivity index is 2.24. The molecule has 0 aromatic carbocycles. The molecule has 1 aliphatic carbocycles. The van der Waals surface area contributed by atoms with Crippen molar-refractivity contribution >= 4 is 11.9 Å². The van der Waals surface area contributed by atoms with Crippen molar-refractivity contribution in [3.63, 3.8) is 0 Å². The predicted molar refractivity (Wildman–Crippen MR) is 79.4 cm³/mol. The van der Waals surface area contributed by atoms with Crippen LogP contribution in [0.2, 0.25) is 0 Å². The van der Waals surface area contributed by atoms with Crippen molar-refractivity contribution in [3.8, 4) is 0 Å². The maximum absolute atomic E-state index is 12.6. The lowest BCUT2D eigenvalue weighted by molar-refractivity contribution is -0.146. The highest BCUT2D eigenvalue weighted by Gasteiger charge is 2.43. The van der Waals surface area contributed by atoms with Crippen molar-refractivity contribution in [3.05, 3.63) is 29.1 Å². The number of hydrogen-bond donors (Lipinski definition) is 2. The number of carbonyl (C=O) groups excluding carboxylic acids is 1. The molecule has 0 atom stereocenters. The molecule has 0 spiro atoms. The van der Waals surface area contributed by atoms with Crippen molar-refractivity contribution < 1.29 is 27.9 Å². The summed E-state index contributed by atoms with van der Waals surface area (Å²) < 4.78 is 37.9. The Morgan fingerprint density at radius 1 is 1.29 bits per heavy atom. The molecule has 2 N–H and O–H groups in total.